The molecule has 0 radical (unpaired) electrons. The molecule has 2 unspecified atom stereocenters. The van der Waals surface area contributed by atoms with E-state index in [2.05, 4.69) is 309 Å². The molecule has 2 atom stereocenters. The molecule has 0 bridgehead atoms. The summed E-state index contributed by atoms with van der Waals surface area (Å²) in [4.78, 5) is 13.1. The van der Waals surface area contributed by atoms with Gasteiger partial charge >= 0.3 is 0 Å². The minimum atomic E-state index is -1.90. The van der Waals surface area contributed by atoms with Crippen LogP contribution in [-0.2, 0) is 0 Å². The van der Waals surface area contributed by atoms with E-state index in [1.54, 1.807) is 10.4 Å². The van der Waals surface area contributed by atoms with E-state index in [9.17, 15) is 0 Å². The zero-order chi connectivity index (χ0) is 64.2. The van der Waals surface area contributed by atoms with Gasteiger partial charge in [0.15, 0.2) is 5.71 Å². The predicted octanol–water partition coefficient (Wildman–Crippen LogP) is 17.7. The summed E-state index contributed by atoms with van der Waals surface area (Å²) in [7, 11) is 8.88. The van der Waals surface area contributed by atoms with Crippen molar-refractivity contribution in [1.29, 1.82) is 0 Å². The number of benzene rings is 5. The highest BCUT2D eigenvalue weighted by Crippen LogP contribution is 2.47. The number of nitrogens with two attached hydrogens (primary N) is 1. The first-order valence-electron chi connectivity index (χ1n) is 30.3. The Labute approximate surface area is 562 Å². The molecular weight excluding hydrogens is 1310 g/mol. The summed E-state index contributed by atoms with van der Waals surface area (Å²) in [5, 5.41) is 12.7. The third-order valence-electron chi connectivity index (χ3n) is 17.7. The minimum Gasteiger partial charge on any atom is -0.399 e. The van der Waals surface area contributed by atoms with Crippen molar-refractivity contribution in [1.82, 2.24) is 0 Å². The maximum absolute atomic E-state index is 6.20. The highest BCUT2D eigenvalue weighted by atomic mass is 79.9. The summed E-state index contributed by atoms with van der Waals surface area (Å²) in [6.07, 6.45) is 14.8. The van der Waals surface area contributed by atoms with E-state index in [1.165, 1.54) is 103 Å². The van der Waals surface area contributed by atoms with Crippen LogP contribution in [0, 0.1) is 20.8 Å². The van der Waals surface area contributed by atoms with Crippen molar-refractivity contribution < 1.29 is 4.58 Å². The minimum absolute atomic E-state index is 0.140. The van der Waals surface area contributed by atoms with Crippen LogP contribution in [0.15, 0.2) is 214 Å². The number of hydrogen-bond acceptors (Lipinski definition) is 8. The van der Waals surface area contributed by atoms with E-state index >= 15 is 0 Å². The molecule has 0 amide bonds. The topological polar surface area (TPSA) is 42.0 Å². The van der Waals surface area contributed by atoms with E-state index < -0.39 is 16.1 Å². The smallest absolute Gasteiger partial charge is 0.199 e. The number of rotatable bonds is 17. The number of thiophene rings is 3. The van der Waals surface area contributed by atoms with Gasteiger partial charge in [-0.1, -0.05) is 113 Å². The Kier molecular flexibility index (Phi) is 21.3. The van der Waals surface area contributed by atoms with Gasteiger partial charge in [-0.3, -0.25) is 0 Å². The van der Waals surface area contributed by atoms with Crippen molar-refractivity contribution in [2.75, 3.05) is 93.8 Å². The Hall–Kier alpha value is -6.56. The number of nitrogens with zero attached hydrogens (tertiary/aromatic N) is 5. The fourth-order valence-electron chi connectivity index (χ4n) is 12.7. The van der Waals surface area contributed by atoms with Gasteiger partial charge in [-0.15, -0.1) is 60.3 Å². The second kappa shape index (κ2) is 28.3. The average Bonchev–Trinajstić information content (AvgIpc) is 1.36. The third kappa shape index (κ3) is 13.7. The van der Waals surface area contributed by atoms with Crippen LogP contribution in [0.2, 0.25) is 26.2 Å². The standard InChI is InChI=1S/C28H34N2SSi.C26H28Br2N2S.C22H24N2SSi/c1-8-15-30(16-9-2)22-11-13-24-26(19-22)32(6,7)25-18-21(29(4)5)10-12-23(25)27(24)28-20(3)14-17-31-28;1-6-13-30(14-7-2)20-9-11-22(24(28)17-20)25(26-18(3)12-15-31-26)21-10-8-19(29(4)5)16-23(21)27;1-14-10-11-25-22(14)21-17-8-6-15(23)12-19(17)26(4,5)20-13-16(24(2)3)7-9-18(20)21/h8-14,17-19,27H,1-2,15-16H2,3-7H3;6-12,15-17,25H,1-2,13-14H2,3-5H3;6-13,23H,1-5H3/p+1. The molecule has 5 heterocycles. The Morgan fingerprint density at radius 3 is 1.56 bits per heavy atom. The lowest BCUT2D eigenvalue weighted by Gasteiger charge is -2.40. The Morgan fingerprint density at radius 2 is 1.06 bits per heavy atom. The van der Waals surface area contributed by atoms with E-state index in [0.717, 1.165) is 46.5 Å². The predicted molar refractivity (Wildman–Crippen MR) is 409 cm³/mol. The zero-order valence-corrected chi connectivity index (χ0v) is 61.9. The first-order valence-corrected chi connectivity index (χ1v) is 40.6. The summed E-state index contributed by atoms with van der Waals surface area (Å²) in [6, 6.07) is 40.7. The van der Waals surface area contributed by atoms with Crippen molar-refractivity contribution in [2.45, 2.75) is 58.8 Å². The molecule has 2 aliphatic heterocycles. The molecule has 0 saturated carbocycles. The summed E-state index contributed by atoms with van der Waals surface area (Å²) in [6.45, 7) is 35.5. The summed E-state index contributed by atoms with van der Waals surface area (Å²) in [5.41, 5.74) is 26.9. The number of aryl methyl sites for hydroxylation is 3. The fourth-order valence-corrected chi connectivity index (χ4v) is 23.3. The molecule has 460 valence electrons. The molecule has 3 aliphatic rings. The van der Waals surface area contributed by atoms with Gasteiger partial charge in [-0.05, 0) is 193 Å². The van der Waals surface area contributed by atoms with Crippen molar-refractivity contribution in [3.05, 3.63) is 273 Å². The molecule has 89 heavy (non-hydrogen) atoms. The molecule has 13 heteroatoms. The zero-order valence-electron chi connectivity index (χ0n) is 54.3. The molecule has 0 saturated heterocycles. The molecule has 6 nitrogen and oxygen atoms in total. The Morgan fingerprint density at radius 1 is 0.562 bits per heavy atom. The molecule has 11 rings (SSSR count). The van der Waals surface area contributed by atoms with Gasteiger partial charge in [0.1, 0.15) is 30.2 Å². The van der Waals surface area contributed by atoms with Crippen LogP contribution < -0.4 is 40.9 Å². The third-order valence-corrected chi connectivity index (χ3v) is 29.3. The van der Waals surface area contributed by atoms with Crippen LogP contribution in [0.3, 0.4) is 0 Å². The molecule has 0 spiro atoms. The summed E-state index contributed by atoms with van der Waals surface area (Å²) < 4.78 is 4.41. The van der Waals surface area contributed by atoms with E-state index in [1.807, 2.05) is 64.4 Å². The second-order valence-corrected chi connectivity index (χ2v) is 38.2. The van der Waals surface area contributed by atoms with E-state index in [-0.39, 0.29) is 5.92 Å². The van der Waals surface area contributed by atoms with Gasteiger partial charge < -0.3 is 25.3 Å². The van der Waals surface area contributed by atoms with Crippen LogP contribution in [0.4, 0.5) is 28.4 Å². The lowest BCUT2D eigenvalue weighted by Crippen LogP contribution is -2.59. The van der Waals surface area contributed by atoms with Crippen molar-refractivity contribution in [3.63, 3.8) is 0 Å². The molecule has 3 aromatic heterocycles. The number of anilines is 5. The lowest BCUT2D eigenvalue weighted by molar-refractivity contribution is -0.462. The Bertz CT molecular complexity index is 4090. The second-order valence-electron chi connectivity index (χ2n) is 25.0. The fraction of sp³-hybridized carbons (Fsp3) is 0.250. The van der Waals surface area contributed by atoms with Gasteiger partial charge in [-0.25, -0.2) is 4.58 Å². The van der Waals surface area contributed by atoms with Crippen LogP contribution in [0.5, 0.6) is 0 Å². The first-order chi connectivity index (χ1) is 42.5. The quantitative estimate of drug-likeness (QED) is 0.0426. The monoisotopic (exact) mass is 1390 g/mol. The maximum atomic E-state index is 6.20. The number of halogens is 2. The molecule has 5 aromatic carbocycles. The molecular formula is C76H87Br2N6S3Si2+. The molecule has 2 N–H and O–H groups in total. The number of nitrogen functional groups attached to an aromatic ring is 1. The summed E-state index contributed by atoms with van der Waals surface area (Å²) in [5.74, 6) is 0.444. The van der Waals surface area contributed by atoms with Gasteiger partial charge in [0.2, 0.25) is 0 Å². The van der Waals surface area contributed by atoms with E-state index in [0.29, 0.717) is 5.92 Å². The van der Waals surface area contributed by atoms with Crippen molar-refractivity contribution in [2.24, 2.45) is 0 Å². The van der Waals surface area contributed by atoms with Crippen molar-refractivity contribution >= 4 is 137 Å². The normalized spacial score (nSPS) is 15.1. The maximum Gasteiger partial charge on any atom is 0.199 e. The Balaban J connectivity index is 0.000000159. The molecule has 1 aliphatic carbocycles. The van der Waals surface area contributed by atoms with Gasteiger partial charge in [0.05, 0.1) is 0 Å². The van der Waals surface area contributed by atoms with Gasteiger partial charge in [0, 0.05) is 136 Å². The highest BCUT2D eigenvalue weighted by molar-refractivity contribution is 9.10. The van der Waals surface area contributed by atoms with Crippen LogP contribution in [0.1, 0.15) is 71.0 Å². The van der Waals surface area contributed by atoms with Crippen LogP contribution in [-0.4, -0.2) is 94.9 Å². The SMILES string of the molecule is C=CCN(CC=C)c1ccc(C(c2ccc(N(C)C)cc2Br)c2sccc2C)c(Br)c1.C=CCN(CC=C)c1ccc2c(c1)[Si](C)(C)c1cc(N(C)C)ccc1C2c1sccc1C.Cc1ccsc1C1=C2C=CC(=[N+](C)C)C=C2[Si](C)(C)c2cc(N)ccc21. The number of allylic oxidation sites excluding steroid dienone is 5. The van der Waals surface area contributed by atoms with Crippen molar-refractivity contribution in [3.8, 4) is 0 Å². The largest absolute Gasteiger partial charge is 0.399 e. The summed E-state index contributed by atoms with van der Waals surface area (Å²) >= 11 is 13.3. The van der Waals surface area contributed by atoms with Gasteiger partial charge in [-0.2, -0.15) is 0 Å². The lowest BCUT2D eigenvalue weighted by atomic mass is 9.87. The van der Waals surface area contributed by atoms with Crippen LogP contribution >= 0.6 is 65.9 Å². The molecule has 0 fully saturated rings. The highest BCUT2D eigenvalue weighted by Gasteiger charge is 2.42. The van der Waals surface area contributed by atoms with E-state index in [4.69, 9.17) is 5.73 Å². The number of hydrogen-bond donors (Lipinski definition) is 1. The molecule has 8 aromatic rings. The first kappa shape index (κ1) is 66.9. The van der Waals surface area contributed by atoms with Crippen LogP contribution in [0.25, 0.3) is 5.57 Å². The number of fused-ring (bicyclic) bond motifs is 4. The average molecular weight is 1400 g/mol. The van der Waals surface area contributed by atoms with Gasteiger partial charge in [0.25, 0.3) is 0 Å².